The van der Waals surface area contributed by atoms with E-state index >= 15 is 0 Å². The van der Waals surface area contributed by atoms with Crippen molar-refractivity contribution in [3.05, 3.63) is 78.1 Å². The lowest BCUT2D eigenvalue weighted by molar-refractivity contribution is 0.102. The van der Waals surface area contributed by atoms with E-state index in [1.807, 2.05) is 38.1 Å². The first-order valence-corrected chi connectivity index (χ1v) is 8.85. The number of carbonyl (C=O) groups excluding carboxylic acids is 1. The second-order valence-electron chi connectivity index (χ2n) is 6.36. The van der Waals surface area contributed by atoms with Crippen molar-refractivity contribution < 1.29 is 9.53 Å². The van der Waals surface area contributed by atoms with Crippen molar-refractivity contribution in [3.63, 3.8) is 0 Å². The van der Waals surface area contributed by atoms with Crippen LogP contribution in [0.4, 0.5) is 17.1 Å². The van der Waals surface area contributed by atoms with Gasteiger partial charge in [-0.05, 0) is 62.4 Å². The van der Waals surface area contributed by atoms with Crippen LogP contribution in [0.15, 0.2) is 66.9 Å². The number of ether oxygens (including phenoxy) is 1. The highest BCUT2D eigenvalue weighted by Crippen LogP contribution is 2.20. The lowest BCUT2D eigenvalue weighted by atomic mass is 10.2. The maximum atomic E-state index is 12.4. The molecule has 3 aromatic rings. The SMILES string of the molecule is CC(C)Oc1ccc(NC(=O)c2ccc(Nc3ccccc3C#N)cn2)cc1. The Kier molecular flexibility index (Phi) is 5.87. The van der Waals surface area contributed by atoms with Gasteiger partial charge in [0, 0.05) is 5.69 Å². The summed E-state index contributed by atoms with van der Waals surface area (Å²) < 4.78 is 5.59. The van der Waals surface area contributed by atoms with Gasteiger partial charge in [0.2, 0.25) is 0 Å². The van der Waals surface area contributed by atoms with E-state index in [0.29, 0.717) is 28.3 Å². The highest BCUT2D eigenvalue weighted by atomic mass is 16.5. The maximum Gasteiger partial charge on any atom is 0.274 e. The number of amides is 1. The summed E-state index contributed by atoms with van der Waals surface area (Å²) in [6, 6.07) is 19.9. The number of nitrogens with zero attached hydrogens (tertiary/aromatic N) is 2. The fraction of sp³-hybridized carbons (Fsp3) is 0.136. The van der Waals surface area contributed by atoms with Gasteiger partial charge in [-0.15, -0.1) is 0 Å². The summed E-state index contributed by atoms with van der Waals surface area (Å²) in [5.41, 5.74) is 2.87. The number of hydrogen-bond donors (Lipinski definition) is 2. The zero-order valence-corrected chi connectivity index (χ0v) is 15.6. The zero-order valence-electron chi connectivity index (χ0n) is 15.6. The molecule has 0 saturated carbocycles. The van der Waals surface area contributed by atoms with Crippen LogP contribution in [0, 0.1) is 11.3 Å². The van der Waals surface area contributed by atoms with Crippen molar-refractivity contribution in [1.82, 2.24) is 4.98 Å². The van der Waals surface area contributed by atoms with Gasteiger partial charge in [0.05, 0.1) is 29.2 Å². The third-order valence-corrected chi connectivity index (χ3v) is 3.81. The first kappa shape index (κ1) is 18.9. The van der Waals surface area contributed by atoms with Gasteiger partial charge < -0.3 is 15.4 Å². The lowest BCUT2D eigenvalue weighted by Crippen LogP contribution is -2.13. The zero-order chi connectivity index (χ0) is 19.9. The van der Waals surface area contributed by atoms with E-state index in [9.17, 15) is 4.79 Å². The minimum absolute atomic E-state index is 0.0943. The summed E-state index contributed by atoms with van der Waals surface area (Å²) in [7, 11) is 0. The molecule has 2 aromatic carbocycles. The number of nitriles is 1. The number of nitrogens with one attached hydrogen (secondary N) is 2. The summed E-state index contributed by atoms with van der Waals surface area (Å²) in [4.78, 5) is 16.6. The largest absolute Gasteiger partial charge is 0.491 e. The standard InChI is InChI=1S/C22H20N4O2/c1-15(2)28-19-10-7-17(8-11-19)26-22(27)21-12-9-18(14-24-21)25-20-6-4-3-5-16(20)13-23/h3-12,14-15,25H,1-2H3,(H,26,27). The van der Waals surface area contributed by atoms with E-state index in [0.717, 1.165) is 5.75 Å². The smallest absolute Gasteiger partial charge is 0.274 e. The summed E-state index contributed by atoms with van der Waals surface area (Å²) in [5, 5.41) is 15.1. The Bertz CT molecular complexity index is 990. The number of aromatic nitrogens is 1. The molecule has 0 aliphatic rings. The van der Waals surface area contributed by atoms with Gasteiger partial charge in [0.25, 0.3) is 5.91 Å². The maximum absolute atomic E-state index is 12.4. The molecule has 0 saturated heterocycles. The fourth-order valence-electron chi connectivity index (χ4n) is 2.53. The second kappa shape index (κ2) is 8.69. The highest BCUT2D eigenvalue weighted by molar-refractivity contribution is 6.03. The number of hydrogen-bond acceptors (Lipinski definition) is 5. The van der Waals surface area contributed by atoms with Crippen molar-refractivity contribution in [2.75, 3.05) is 10.6 Å². The predicted molar refractivity (Wildman–Crippen MR) is 109 cm³/mol. The van der Waals surface area contributed by atoms with Gasteiger partial charge in [-0.25, -0.2) is 4.98 Å². The van der Waals surface area contributed by atoms with E-state index in [-0.39, 0.29) is 12.0 Å². The number of anilines is 3. The van der Waals surface area contributed by atoms with Gasteiger partial charge in [-0.2, -0.15) is 5.26 Å². The van der Waals surface area contributed by atoms with Crippen LogP contribution in [0.5, 0.6) is 5.75 Å². The molecule has 0 aliphatic carbocycles. The Hall–Kier alpha value is -3.85. The average molecular weight is 372 g/mol. The summed E-state index contributed by atoms with van der Waals surface area (Å²) in [6.45, 7) is 3.91. The van der Waals surface area contributed by atoms with E-state index in [4.69, 9.17) is 10.00 Å². The van der Waals surface area contributed by atoms with Gasteiger partial charge in [0.1, 0.15) is 17.5 Å². The van der Waals surface area contributed by atoms with Gasteiger partial charge in [0.15, 0.2) is 0 Å². The van der Waals surface area contributed by atoms with Gasteiger partial charge >= 0.3 is 0 Å². The Labute approximate surface area is 163 Å². The van der Waals surface area contributed by atoms with Crippen LogP contribution in [-0.4, -0.2) is 17.0 Å². The molecule has 2 N–H and O–H groups in total. The highest BCUT2D eigenvalue weighted by Gasteiger charge is 2.09. The van der Waals surface area contributed by atoms with Crippen LogP contribution in [0.3, 0.4) is 0 Å². The van der Waals surface area contributed by atoms with Crippen LogP contribution in [0.25, 0.3) is 0 Å². The summed E-state index contributed by atoms with van der Waals surface area (Å²) in [5.74, 6) is 0.445. The molecule has 6 heteroatoms. The van der Waals surface area contributed by atoms with Crippen LogP contribution >= 0.6 is 0 Å². The first-order valence-electron chi connectivity index (χ1n) is 8.85. The van der Waals surface area contributed by atoms with Crippen molar-refractivity contribution in [1.29, 1.82) is 5.26 Å². The molecule has 1 heterocycles. The Morgan fingerprint density at radius 3 is 2.39 bits per heavy atom. The van der Waals surface area contributed by atoms with E-state index in [1.54, 1.807) is 42.6 Å². The molecule has 6 nitrogen and oxygen atoms in total. The van der Waals surface area contributed by atoms with Crippen molar-refractivity contribution in [3.8, 4) is 11.8 Å². The van der Waals surface area contributed by atoms with Crippen LogP contribution in [0.1, 0.15) is 29.9 Å². The third-order valence-electron chi connectivity index (χ3n) is 3.81. The van der Waals surface area contributed by atoms with Crippen molar-refractivity contribution in [2.24, 2.45) is 0 Å². The summed E-state index contributed by atoms with van der Waals surface area (Å²) >= 11 is 0. The minimum Gasteiger partial charge on any atom is -0.491 e. The average Bonchev–Trinajstić information content (AvgIpc) is 2.70. The molecule has 3 rings (SSSR count). The molecule has 0 aliphatic heterocycles. The predicted octanol–water partition coefficient (Wildman–Crippen LogP) is 4.74. The number of pyridine rings is 1. The molecule has 1 amide bonds. The van der Waals surface area contributed by atoms with E-state index in [2.05, 4.69) is 21.7 Å². The first-order chi connectivity index (χ1) is 13.5. The van der Waals surface area contributed by atoms with Crippen LogP contribution < -0.4 is 15.4 Å². The third kappa shape index (κ3) is 4.86. The van der Waals surface area contributed by atoms with E-state index < -0.39 is 0 Å². The Balaban J connectivity index is 1.64. The van der Waals surface area contributed by atoms with Crippen molar-refractivity contribution in [2.45, 2.75) is 20.0 Å². The molecule has 0 radical (unpaired) electrons. The topological polar surface area (TPSA) is 87.0 Å². The molecule has 140 valence electrons. The lowest BCUT2D eigenvalue weighted by Gasteiger charge is -2.11. The molecule has 0 bridgehead atoms. The molecule has 0 fully saturated rings. The summed E-state index contributed by atoms with van der Waals surface area (Å²) in [6.07, 6.45) is 1.65. The molecule has 1 aromatic heterocycles. The van der Waals surface area contributed by atoms with Crippen LogP contribution in [-0.2, 0) is 0 Å². The van der Waals surface area contributed by atoms with Gasteiger partial charge in [-0.1, -0.05) is 12.1 Å². The molecular weight excluding hydrogens is 352 g/mol. The monoisotopic (exact) mass is 372 g/mol. The molecule has 0 spiro atoms. The molecular formula is C22H20N4O2. The van der Waals surface area contributed by atoms with E-state index in [1.165, 1.54) is 0 Å². The second-order valence-corrected chi connectivity index (χ2v) is 6.36. The number of carbonyl (C=O) groups is 1. The molecule has 0 unspecified atom stereocenters. The van der Waals surface area contributed by atoms with Crippen LogP contribution in [0.2, 0.25) is 0 Å². The van der Waals surface area contributed by atoms with Crippen molar-refractivity contribution >= 4 is 23.0 Å². The minimum atomic E-state index is -0.304. The number of para-hydroxylation sites is 1. The quantitative estimate of drug-likeness (QED) is 0.653. The fourth-order valence-corrected chi connectivity index (χ4v) is 2.53. The molecule has 0 atom stereocenters. The normalized spacial score (nSPS) is 10.2. The Morgan fingerprint density at radius 2 is 1.75 bits per heavy atom. The Morgan fingerprint density at radius 1 is 1.04 bits per heavy atom. The van der Waals surface area contributed by atoms with Gasteiger partial charge in [-0.3, -0.25) is 4.79 Å². The molecule has 28 heavy (non-hydrogen) atoms. The number of benzene rings is 2. The number of rotatable bonds is 6.